The number of aromatic nitrogens is 2. The Morgan fingerprint density at radius 2 is 2.00 bits per heavy atom. The van der Waals surface area contributed by atoms with Gasteiger partial charge in [0.05, 0.1) is 11.3 Å². The lowest BCUT2D eigenvalue weighted by Crippen LogP contribution is -2.07. The quantitative estimate of drug-likeness (QED) is 0.678. The summed E-state index contributed by atoms with van der Waals surface area (Å²) < 4.78 is 5.24. The number of ether oxygens (including phenoxy) is 1. The molecule has 1 heterocycles. The van der Waals surface area contributed by atoms with Crippen LogP contribution >= 0.6 is 11.6 Å². The number of benzene rings is 1. The van der Waals surface area contributed by atoms with Gasteiger partial charge in [-0.25, -0.2) is 4.98 Å². The van der Waals surface area contributed by atoms with Crippen molar-refractivity contribution in [2.75, 3.05) is 0 Å². The van der Waals surface area contributed by atoms with E-state index in [1.807, 2.05) is 0 Å². The summed E-state index contributed by atoms with van der Waals surface area (Å²) >= 11 is 5.69. The average molecular weight is 268 g/mol. The van der Waals surface area contributed by atoms with E-state index in [-0.39, 0.29) is 16.6 Å². The summed E-state index contributed by atoms with van der Waals surface area (Å²) in [7, 11) is 0. The summed E-state index contributed by atoms with van der Waals surface area (Å²) in [5.74, 6) is 0.231. The Morgan fingerprint density at radius 3 is 2.61 bits per heavy atom. The van der Waals surface area contributed by atoms with Gasteiger partial charge in [-0.15, -0.1) is 0 Å². The van der Waals surface area contributed by atoms with Crippen LogP contribution in [0.15, 0.2) is 35.4 Å². The van der Waals surface area contributed by atoms with Gasteiger partial charge in [0.1, 0.15) is 5.75 Å². The second-order valence-electron chi connectivity index (χ2n) is 3.20. The molecule has 0 unspecified atom stereocenters. The van der Waals surface area contributed by atoms with Crippen LogP contribution in [0.1, 0.15) is 0 Å². The molecule has 0 saturated carbocycles. The first-order chi connectivity index (χ1) is 8.58. The Labute approximate surface area is 105 Å². The fourth-order valence-corrected chi connectivity index (χ4v) is 1.33. The summed E-state index contributed by atoms with van der Waals surface area (Å²) in [6.07, 6.45) is 1.15. The van der Waals surface area contributed by atoms with Gasteiger partial charge in [-0.2, -0.15) is 0 Å². The number of hydrogen-bond donors (Lipinski definition) is 1. The molecule has 2 aromatic rings. The summed E-state index contributed by atoms with van der Waals surface area (Å²) in [6, 6.07) is 5.32. The molecule has 0 aliphatic carbocycles. The fraction of sp³-hybridized carbons (Fsp3) is 0. The lowest BCUT2D eigenvalue weighted by atomic mass is 10.3. The maximum absolute atomic E-state index is 11.2. The number of H-pyrrole nitrogens is 1. The summed E-state index contributed by atoms with van der Waals surface area (Å²) in [4.78, 5) is 27.1. The van der Waals surface area contributed by atoms with E-state index in [2.05, 4.69) is 9.97 Å². The minimum atomic E-state index is -0.526. The average Bonchev–Trinajstić information content (AvgIpc) is 2.36. The number of nitro benzene ring substituents is 1. The van der Waals surface area contributed by atoms with Gasteiger partial charge in [-0.3, -0.25) is 14.9 Å². The van der Waals surface area contributed by atoms with Gasteiger partial charge < -0.3 is 9.72 Å². The van der Waals surface area contributed by atoms with E-state index in [1.54, 1.807) is 0 Å². The van der Waals surface area contributed by atoms with Crippen molar-refractivity contribution in [1.29, 1.82) is 0 Å². The van der Waals surface area contributed by atoms with Crippen LogP contribution in [-0.4, -0.2) is 14.9 Å². The molecule has 0 bridgehead atoms. The highest BCUT2D eigenvalue weighted by atomic mass is 35.5. The molecule has 0 spiro atoms. The maximum Gasteiger partial charge on any atom is 0.273 e. The van der Waals surface area contributed by atoms with E-state index in [1.165, 1.54) is 24.3 Å². The van der Waals surface area contributed by atoms with Crippen molar-refractivity contribution in [1.82, 2.24) is 9.97 Å². The van der Waals surface area contributed by atoms with E-state index >= 15 is 0 Å². The van der Waals surface area contributed by atoms with E-state index < -0.39 is 10.5 Å². The van der Waals surface area contributed by atoms with Crippen molar-refractivity contribution in [2.24, 2.45) is 0 Å². The Bertz CT molecular complexity index is 638. The van der Waals surface area contributed by atoms with Crippen molar-refractivity contribution in [2.45, 2.75) is 0 Å². The molecule has 8 heteroatoms. The molecule has 92 valence electrons. The first-order valence-electron chi connectivity index (χ1n) is 4.73. The number of nitrogens with one attached hydrogen (secondary N) is 1. The van der Waals surface area contributed by atoms with Crippen LogP contribution in [0.2, 0.25) is 5.02 Å². The van der Waals surface area contributed by atoms with Gasteiger partial charge in [0.2, 0.25) is 5.88 Å². The molecule has 0 aliphatic heterocycles. The highest BCUT2D eigenvalue weighted by Gasteiger charge is 2.09. The van der Waals surface area contributed by atoms with Crippen molar-refractivity contribution in [3.05, 3.63) is 56.1 Å². The number of nitro groups is 1. The smallest absolute Gasteiger partial charge is 0.273 e. The third-order valence-corrected chi connectivity index (χ3v) is 2.36. The van der Waals surface area contributed by atoms with Crippen LogP contribution in [-0.2, 0) is 0 Å². The third-order valence-electron chi connectivity index (χ3n) is 2.03. The van der Waals surface area contributed by atoms with Crippen LogP contribution in [0.3, 0.4) is 0 Å². The largest absolute Gasteiger partial charge is 0.437 e. The van der Waals surface area contributed by atoms with E-state index in [9.17, 15) is 14.9 Å². The molecule has 0 fully saturated rings. The number of nitrogens with zero attached hydrogens (tertiary/aromatic N) is 2. The summed E-state index contributed by atoms with van der Waals surface area (Å²) in [5.41, 5.74) is -0.587. The first-order valence-corrected chi connectivity index (χ1v) is 5.11. The lowest BCUT2D eigenvalue weighted by molar-refractivity contribution is -0.384. The Kier molecular flexibility index (Phi) is 3.24. The zero-order valence-corrected chi connectivity index (χ0v) is 9.55. The number of non-ortho nitro benzene ring substituents is 1. The highest BCUT2D eigenvalue weighted by Crippen LogP contribution is 2.25. The number of hydrogen-bond acceptors (Lipinski definition) is 5. The number of halogens is 1. The van der Waals surface area contributed by atoms with E-state index in [4.69, 9.17) is 16.3 Å². The Morgan fingerprint density at radius 1 is 1.33 bits per heavy atom. The molecule has 0 saturated heterocycles. The molecule has 7 nitrogen and oxygen atoms in total. The van der Waals surface area contributed by atoms with Gasteiger partial charge in [-0.05, 0) is 12.1 Å². The van der Waals surface area contributed by atoms with Gasteiger partial charge >= 0.3 is 0 Å². The van der Waals surface area contributed by atoms with Crippen LogP contribution in [0, 0.1) is 10.1 Å². The van der Waals surface area contributed by atoms with Gasteiger partial charge in [0.15, 0.2) is 5.02 Å². The molecule has 0 amide bonds. The van der Waals surface area contributed by atoms with Gasteiger partial charge in [-0.1, -0.05) is 11.6 Å². The van der Waals surface area contributed by atoms with Crippen molar-refractivity contribution < 1.29 is 9.66 Å². The molecule has 1 N–H and O–H groups in total. The van der Waals surface area contributed by atoms with Crippen LogP contribution < -0.4 is 10.3 Å². The molecular formula is C10H6ClN3O4. The third kappa shape index (κ3) is 2.46. The molecule has 0 aliphatic rings. The molecule has 0 atom stereocenters. The van der Waals surface area contributed by atoms with Crippen molar-refractivity contribution >= 4 is 17.3 Å². The maximum atomic E-state index is 11.2. The standard InChI is InChI=1S/C10H6ClN3O4/c11-8-9(15)12-5-13-10(8)18-7-3-1-6(2-4-7)14(16)17/h1-5H,(H,12,13,15). The van der Waals surface area contributed by atoms with Gasteiger partial charge in [0, 0.05) is 12.1 Å². The molecule has 0 radical (unpaired) electrons. The zero-order chi connectivity index (χ0) is 13.1. The highest BCUT2D eigenvalue weighted by molar-refractivity contribution is 6.31. The minimum Gasteiger partial charge on any atom is -0.437 e. The van der Waals surface area contributed by atoms with Crippen molar-refractivity contribution in [3.63, 3.8) is 0 Å². The SMILES string of the molecule is O=c1[nH]cnc(Oc2ccc([N+](=O)[O-])cc2)c1Cl. The Balaban J connectivity index is 2.26. The fourth-order valence-electron chi connectivity index (χ4n) is 1.19. The predicted molar refractivity (Wildman–Crippen MR) is 63.0 cm³/mol. The summed E-state index contributed by atoms with van der Waals surface area (Å²) in [5, 5.41) is 10.3. The normalized spacial score (nSPS) is 10.1. The molecule has 2 rings (SSSR count). The number of aromatic amines is 1. The minimum absolute atomic E-state index is 0.0609. The zero-order valence-electron chi connectivity index (χ0n) is 8.79. The second-order valence-corrected chi connectivity index (χ2v) is 3.58. The lowest BCUT2D eigenvalue weighted by Gasteiger charge is -2.04. The monoisotopic (exact) mass is 267 g/mol. The second kappa shape index (κ2) is 4.84. The molecule has 18 heavy (non-hydrogen) atoms. The molecule has 1 aromatic carbocycles. The van der Waals surface area contributed by atoms with Gasteiger partial charge in [0.25, 0.3) is 11.2 Å². The van der Waals surface area contributed by atoms with Crippen LogP contribution in [0.5, 0.6) is 11.6 Å². The summed E-state index contributed by atoms with van der Waals surface area (Å²) in [6.45, 7) is 0. The molecule has 1 aromatic heterocycles. The Hall–Kier alpha value is -2.41. The predicted octanol–water partition coefficient (Wildman–Crippen LogP) is 2.12. The first kappa shape index (κ1) is 12.1. The van der Waals surface area contributed by atoms with E-state index in [0.717, 1.165) is 6.33 Å². The molecular weight excluding hydrogens is 262 g/mol. The van der Waals surface area contributed by atoms with Crippen LogP contribution in [0.4, 0.5) is 5.69 Å². The van der Waals surface area contributed by atoms with Crippen molar-refractivity contribution in [3.8, 4) is 11.6 Å². The van der Waals surface area contributed by atoms with E-state index in [0.29, 0.717) is 5.75 Å². The topological polar surface area (TPSA) is 98.1 Å². The number of rotatable bonds is 3. The van der Waals surface area contributed by atoms with Crippen LogP contribution in [0.25, 0.3) is 0 Å².